The van der Waals surface area contributed by atoms with Crippen LogP contribution in [0.5, 0.6) is 5.75 Å². The molecule has 15 heavy (non-hydrogen) atoms. The van der Waals surface area contributed by atoms with Gasteiger partial charge in [-0.3, -0.25) is 0 Å². The van der Waals surface area contributed by atoms with E-state index in [1.165, 1.54) is 0 Å². The average Bonchev–Trinajstić information content (AvgIpc) is 2.40. The number of benzene rings is 1. The number of aromatic nitrogens is 1. The standard InChI is InChI=1S/C10H8F3NO/c1-5-2-6-3-9(15)7(10(11,12)13)4-8(6)14-5/h2-4,14-15H,1H3. The zero-order valence-electron chi connectivity index (χ0n) is 7.81. The van der Waals surface area contributed by atoms with E-state index < -0.39 is 17.5 Å². The molecule has 0 fully saturated rings. The monoisotopic (exact) mass is 215 g/mol. The van der Waals surface area contributed by atoms with Crippen molar-refractivity contribution < 1.29 is 18.3 Å². The summed E-state index contributed by atoms with van der Waals surface area (Å²) in [5.41, 5.74) is 0.109. The molecule has 2 nitrogen and oxygen atoms in total. The summed E-state index contributed by atoms with van der Waals surface area (Å²) >= 11 is 0. The Bertz CT molecular complexity index is 513. The van der Waals surface area contributed by atoms with Crippen LogP contribution in [0.15, 0.2) is 18.2 Å². The van der Waals surface area contributed by atoms with Crippen molar-refractivity contribution in [3.05, 3.63) is 29.5 Å². The van der Waals surface area contributed by atoms with E-state index in [0.29, 0.717) is 10.9 Å². The number of halogens is 3. The maximum atomic E-state index is 12.4. The number of H-pyrrole nitrogens is 1. The molecule has 0 aliphatic rings. The van der Waals surface area contributed by atoms with Crippen molar-refractivity contribution >= 4 is 10.9 Å². The lowest BCUT2D eigenvalue weighted by Gasteiger charge is -2.08. The summed E-state index contributed by atoms with van der Waals surface area (Å²) < 4.78 is 37.2. The van der Waals surface area contributed by atoms with Gasteiger partial charge < -0.3 is 10.1 Å². The number of aromatic hydroxyl groups is 1. The van der Waals surface area contributed by atoms with E-state index >= 15 is 0 Å². The highest BCUT2D eigenvalue weighted by Crippen LogP contribution is 2.37. The molecule has 1 aromatic carbocycles. The van der Waals surface area contributed by atoms with Crippen LogP contribution in [-0.2, 0) is 6.18 Å². The molecule has 0 radical (unpaired) electrons. The molecule has 0 atom stereocenters. The third-order valence-electron chi connectivity index (χ3n) is 2.18. The molecule has 0 amide bonds. The normalized spacial score (nSPS) is 12.3. The lowest BCUT2D eigenvalue weighted by molar-refractivity contribution is -0.138. The third kappa shape index (κ3) is 1.65. The first-order valence-electron chi connectivity index (χ1n) is 4.27. The van der Waals surface area contributed by atoms with Crippen LogP contribution in [-0.4, -0.2) is 10.1 Å². The van der Waals surface area contributed by atoms with Crippen LogP contribution in [0.2, 0.25) is 0 Å². The van der Waals surface area contributed by atoms with Crippen molar-refractivity contribution in [2.24, 2.45) is 0 Å². The zero-order valence-corrected chi connectivity index (χ0v) is 7.81. The number of alkyl halides is 3. The number of phenols is 1. The number of nitrogens with one attached hydrogen (secondary N) is 1. The number of hydrogen-bond donors (Lipinski definition) is 2. The van der Waals surface area contributed by atoms with Gasteiger partial charge in [0.2, 0.25) is 0 Å². The van der Waals surface area contributed by atoms with Gasteiger partial charge in [-0.05, 0) is 25.1 Å². The number of aryl methyl sites for hydroxylation is 1. The predicted octanol–water partition coefficient (Wildman–Crippen LogP) is 3.20. The van der Waals surface area contributed by atoms with E-state index in [-0.39, 0.29) is 0 Å². The summed E-state index contributed by atoms with van der Waals surface area (Å²) in [6.45, 7) is 1.74. The van der Waals surface area contributed by atoms with Crippen molar-refractivity contribution in [3.8, 4) is 5.75 Å². The molecule has 0 bridgehead atoms. The van der Waals surface area contributed by atoms with Gasteiger partial charge in [0.25, 0.3) is 0 Å². The molecule has 0 unspecified atom stereocenters. The maximum Gasteiger partial charge on any atom is 0.420 e. The van der Waals surface area contributed by atoms with Crippen LogP contribution in [0.3, 0.4) is 0 Å². The minimum Gasteiger partial charge on any atom is -0.507 e. The van der Waals surface area contributed by atoms with Gasteiger partial charge in [0.15, 0.2) is 0 Å². The highest BCUT2D eigenvalue weighted by atomic mass is 19.4. The molecule has 0 saturated carbocycles. The molecule has 0 saturated heterocycles. The Hall–Kier alpha value is -1.65. The first-order valence-corrected chi connectivity index (χ1v) is 4.27. The molecular formula is C10H8F3NO. The second-order valence-corrected chi connectivity index (χ2v) is 3.41. The Kier molecular flexibility index (Phi) is 1.92. The van der Waals surface area contributed by atoms with Crippen LogP contribution < -0.4 is 0 Å². The van der Waals surface area contributed by atoms with Crippen LogP contribution in [0.4, 0.5) is 13.2 Å². The van der Waals surface area contributed by atoms with Gasteiger partial charge in [0.05, 0.1) is 5.56 Å². The Labute approximate surface area is 83.3 Å². The molecule has 2 aromatic rings. The fourth-order valence-corrected chi connectivity index (χ4v) is 1.54. The highest BCUT2D eigenvalue weighted by Gasteiger charge is 2.34. The van der Waals surface area contributed by atoms with Crippen LogP contribution in [0.1, 0.15) is 11.3 Å². The lowest BCUT2D eigenvalue weighted by atomic mass is 10.1. The number of fused-ring (bicyclic) bond motifs is 1. The van der Waals surface area contributed by atoms with Gasteiger partial charge in [-0.1, -0.05) is 0 Å². The maximum absolute atomic E-state index is 12.4. The second kappa shape index (κ2) is 2.92. The van der Waals surface area contributed by atoms with E-state index in [0.717, 1.165) is 17.8 Å². The van der Waals surface area contributed by atoms with Gasteiger partial charge in [-0.2, -0.15) is 13.2 Å². The smallest absolute Gasteiger partial charge is 0.420 e. The lowest BCUT2D eigenvalue weighted by Crippen LogP contribution is -2.04. The first kappa shape index (κ1) is 9.89. The molecule has 5 heteroatoms. The van der Waals surface area contributed by atoms with Gasteiger partial charge in [0.1, 0.15) is 5.75 Å². The molecule has 0 aliphatic carbocycles. The third-order valence-corrected chi connectivity index (χ3v) is 2.18. The zero-order chi connectivity index (χ0) is 11.2. The fraction of sp³-hybridized carbons (Fsp3) is 0.200. The van der Waals surface area contributed by atoms with Gasteiger partial charge in [0, 0.05) is 16.6 Å². The predicted molar refractivity (Wildman–Crippen MR) is 49.7 cm³/mol. The summed E-state index contributed by atoms with van der Waals surface area (Å²) in [6.07, 6.45) is -4.53. The van der Waals surface area contributed by atoms with Crippen LogP contribution in [0.25, 0.3) is 10.9 Å². The molecule has 1 heterocycles. The van der Waals surface area contributed by atoms with E-state index in [9.17, 15) is 18.3 Å². The van der Waals surface area contributed by atoms with E-state index in [2.05, 4.69) is 4.98 Å². The fourth-order valence-electron chi connectivity index (χ4n) is 1.54. The van der Waals surface area contributed by atoms with Gasteiger partial charge >= 0.3 is 6.18 Å². The summed E-state index contributed by atoms with van der Waals surface area (Å²) in [5, 5.41) is 9.79. The van der Waals surface area contributed by atoms with Crippen molar-refractivity contribution in [1.29, 1.82) is 0 Å². The summed E-state index contributed by atoms with van der Waals surface area (Å²) in [4.78, 5) is 2.79. The molecule has 0 aliphatic heterocycles. The minimum atomic E-state index is -4.53. The molecule has 2 N–H and O–H groups in total. The molecule has 0 spiro atoms. The topological polar surface area (TPSA) is 36.0 Å². The van der Waals surface area contributed by atoms with Crippen molar-refractivity contribution in [3.63, 3.8) is 0 Å². The van der Waals surface area contributed by atoms with E-state index in [1.54, 1.807) is 13.0 Å². The number of hydrogen-bond acceptors (Lipinski definition) is 1. The van der Waals surface area contributed by atoms with Crippen molar-refractivity contribution in [2.45, 2.75) is 13.1 Å². The molecular weight excluding hydrogens is 207 g/mol. The van der Waals surface area contributed by atoms with Crippen molar-refractivity contribution in [2.75, 3.05) is 0 Å². The Morgan fingerprint density at radius 3 is 2.47 bits per heavy atom. The molecule has 80 valence electrons. The van der Waals surface area contributed by atoms with Crippen LogP contribution >= 0.6 is 0 Å². The molecule has 1 aromatic heterocycles. The summed E-state index contributed by atoms with van der Waals surface area (Å²) in [5.74, 6) is -0.742. The first-order chi connectivity index (χ1) is 6.88. The van der Waals surface area contributed by atoms with Gasteiger partial charge in [-0.15, -0.1) is 0 Å². The second-order valence-electron chi connectivity index (χ2n) is 3.41. The minimum absolute atomic E-state index is 0.373. The number of phenolic OH excluding ortho intramolecular Hbond substituents is 1. The number of aromatic amines is 1. The molecule has 2 rings (SSSR count). The Balaban J connectivity index is 2.72. The van der Waals surface area contributed by atoms with Crippen molar-refractivity contribution in [1.82, 2.24) is 4.98 Å². The Morgan fingerprint density at radius 2 is 1.87 bits per heavy atom. The van der Waals surface area contributed by atoms with Gasteiger partial charge in [-0.25, -0.2) is 0 Å². The highest BCUT2D eigenvalue weighted by molar-refractivity contribution is 5.83. The average molecular weight is 215 g/mol. The quantitative estimate of drug-likeness (QED) is 0.695. The Morgan fingerprint density at radius 1 is 1.20 bits per heavy atom. The van der Waals surface area contributed by atoms with E-state index in [1.807, 2.05) is 0 Å². The number of rotatable bonds is 0. The largest absolute Gasteiger partial charge is 0.507 e. The summed E-state index contributed by atoms with van der Waals surface area (Å²) in [7, 11) is 0. The van der Waals surface area contributed by atoms with E-state index in [4.69, 9.17) is 0 Å². The summed E-state index contributed by atoms with van der Waals surface area (Å²) in [6, 6.07) is 3.70. The SMILES string of the molecule is Cc1cc2cc(O)c(C(F)(F)F)cc2[nH]1. The van der Waals surface area contributed by atoms with Crippen LogP contribution in [0, 0.1) is 6.92 Å².